The maximum Gasteiger partial charge on any atom is 0.356 e. The summed E-state index contributed by atoms with van der Waals surface area (Å²) in [6, 6.07) is 11.2. The van der Waals surface area contributed by atoms with Crippen LogP contribution in [0.1, 0.15) is 15.9 Å². The normalized spacial score (nSPS) is 11.8. The van der Waals surface area contributed by atoms with Gasteiger partial charge in [-0.25, -0.2) is 0 Å². The average Bonchev–Trinajstić information content (AvgIpc) is 2.83. The summed E-state index contributed by atoms with van der Waals surface area (Å²) >= 11 is 6.23. The van der Waals surface area contributed by atoms with Crippen molar-refractivity contribution in [2.45, 2.75) is 6.54 Å². The van der Waals surface area contributed by atoms with Gasteiger partial charge < -0.3 is 20.1 Å². The van der Waals surface area contributed by atoms with Crippen LogP contribution in [0.5, 0.6) is 0 Å². The average molecular weight is 365 g/mol. The number of aromatic nitrogens is 1. The maximum atomic E-state index is 11.3. The van der Waals surface area contributed by atoms with Gasteiger partial charge in [-0.05, 0) is 35.9 Å². The van der Waals surface area contributed by atoms with Crippen LogP contribution >= 0.6 is 19.2 Å². The first-order valence-electron chi connectivity index (χ1n) is 6.99. The number of rotatable bonds is 4. The molecule has 6 nitrogen and oxygen atoms in total. The largest absolute Gasteiger partial charge is 0.366 e. The zero-order valence-corrected chi connectivity index (χ0v) is 14.0. The summed E-state index contributed by atoms with van der Waals surface area (Å²) in [5.41, 5.74) is 7.36. The Kier molecular flexibility index (Phi) is 4.24. The smallest absolute Gasteiger partial charge is 0.356 e. The first-order valence-corrected chi connectivity index (χ1v) is 8.98. The van der Waals surface area contributed by atoms with Crippen molar-refractivity contribution in [3.63, 3.8) is 0 Å². The highest BCUT2D eigenvalue weighted by Gasteiger charge is 2.16. The molecule has 0 aliphatic heterocycles. The van der Waals surface area contributed by atoms with Crippen molar-refractivity contribution in [2.75, 3.05) is 0 Å². The molecule has 0 saturated heterocycles. The predicted octanol–water partition coefficient (Wildman–Crippen LogP) is 2.24. The quantitative estimate of drug-likeness (QED) is 0.617. The monoisotopic (exact) mass is 364 g/mol. The molecule has 24 heavy (non-hydrogen) atoms. The summed E-state index contributed by atoms with van der Waals surface area (Å²) < 4.78 is 13.1. The summed E-state index contributed by atoms with van der Waals surface area (Å²) in [6.07, 6.45) is 1.74. The van der Waals surface area contributed by atoms with Crippen LogP contribution < -0.4 is 11.0 Å². The highest BCUT2D eigenvalue weighted by molar-refractivity contribution is 7.60. The van der Waals surface area contributed by atoms with Gasteiger partial charge in [-0.1, -0.05) is 23.7 Å². The molecule has 0 unspecified atom stereocenters. The van der Waals surface area contributed by atoms with E-state index in [1.165, 1.54) is 12.1 Å². The minimum absolute atomic E-state index is 0.0206. The molecule has 3 aromatic rings. The molecule has 0 aliphatic carbocycles. The highest BCUT2D eigenvalue weighted by atomic mass is 35.5. The van der Waals surface area contributed by atoms with Crippen molar-refractivity contribution in [1.29, 1.82) is 0 Å². The Labute approximate surface area is 142 Å². The fourth-order valence-corrected chi connectivity index (χ4v) is 3.34. The number of carbonyl (C=O) groups is 1. The van der Waals surface area contributed by atoms with E-state index in [-0.39, 0.29) is 5.30 Å². The first-order chi connectivity index (χ1) is 11.3. The molecule has 1 aromatic heterocycles. The highest BCUT2D eigenvalue weighted by Crippen LogP contribution is 2.33. The van der Waals surface area contributed by atoms with Gasteiger partial charge in [0, 0.05) is 29.2 Å². The van der Waals surface area contributed by atoms with E-state index in [1.807, 2.05) is 4.57 Å². The van der Waals surface area contributed by atoms with E-state index >= 15 is 0 Å². The number of fused-ring (bicyclic) bond motifs is 1. The maximum absolute atomic E-state index is 11.3. The molecule has 0 atom stereocenters. The molecule has 124 valence electrons. The second kappa shape index (κ2) is 6.07. The molecular formula is C16H14ClN2O4P. The standard InChI is InChI=1S/C16H14ClN2O4P/c17-14-9-19(15-6-3-11(16(18)20)7-13(14)15)8-10-1-4-12(5-2-10)24(21,22)23/h1-7,9H,8H2,(H2,18,20)(H2,21,22,23). The number of benzene rings is 2. The van der Waals surface area contributed by atoms with Crippen LogP contribution in [0.3, 0.4) is 0 Å². The predicted molar refractivity (Wildman–Crippen MR) is 92.7 cm³/mol. The fourth-order valence-electron chi connectivity index (χ4n) is 2.53. The summed E-state index contributed by atoms with van der Waals surface area (Å²) in [5, 5.41) is 1.20. The van der Waals surface area contributed by atoms with Crippen LogP contribution in [-0.4, -0.2) is 20.3 Å². The number of hydrogen-bond donors (Lipinski definition) is 3. The minimum atomic E-state index is -4.24. The molecule has 0 spiro atoms. The second-order valence-corrected chi connectivity index (χ2v) is 7.42. The van der Waals surface area contributed by atoms with Crippen molar-refractivity contribution < 1.29 is 19.1 Å². The molecule has 1 heterocycles. The van der Waals surface area contributed by atoms with Crippen LogP contribution in [0.4, 0.5) is 0 Å². The lowest BCUT2D eigenvalue weighted by atomic mass is 10.1. The summed E-state index contributed by atoms with van der Waals surface area (Å²) in [6.45, 7) is 0.473. The van der Waals surface area contributed by atoms with Crippen LogP contribution in [-0.2, 0) is 11.1 Å². The number of primary amides is 1. The Bertz CT molecular complexity index is 976. The van der Waals surface area contributed by atoms with Crippen LogP contribution in [0.15, 0.2) is 48.7 Å². The molecule has 2 aromatic carbocycles. The lowest BCUT2D eigenvalue weighted by Crippen LogP contribution is -2.10. The minimum Gasteiger partial charge on any atom is -0.366 e. The van der Waals surface area contributed by atoms with Gasteiger partial charge in [0.1, 0.15) is 0 Å². The molecule has 0 radical (unpaired) electrons. The van der Waals surface area contributed by atoms with Crippen molar-refractivity contribution in [1.82, 2.24) is 4.57 Å². The van der Waals surface area contributed by atoms with Crippen molar-refractivity contribution >= 4 is 41.3 Å². The zero-order valence-electron chi connectivity index (χ0n) is 12.4. The number of amides is 1. The van der Waals surface area contributed by atoms with E-state index in [1.54, 1.807) is 36.5 Å². The number of halogens is 1. The van der Waals surface area contributed by atoms with E-state index in [4.69, 9.17) is 27.1 Å². The van der Waals surface area contributed by atoms with Crippen molar-refractivity contribution in [2.24, 2.45) is 5.73 Å². The number of nitrogens with zero attached hydrogens (tertiary/aromatic N) is 1. The third kappa shape index (κ3) is 3.23. The Hall–Kier alpha value is -2.11. The van der Waals surface area contributed by atoms with Gasteiger partial charge in [0.25, 0.3) is 0 Å². The second-order valence-electron chi connectivity index (χ2n) is 5.41. The summed E-state index contributed by atoms with van der Waals surface area (Å²) in [4.78, 5) is 29.5. The van der Waals surface area contributed by atoms with E-state index in [0.717, 1.165) is 16.5 Å². The Morgan fingerprint density at radius 1 is 1.17 bits per heavy atom. The Morgan fingerprint density at radius 3 is 2.42 bits per heavy atom. The van der Waals surface area contributed by atoms with Crippen LogP contribution in [0.25, 0.3) is 10.9 Å². The van der Waals surface area contributed by atoms with Gasteiger partial charge in [0.2, 0.25) is 5.91 Å². The Balaban J connectivity index is 1.96. The Morgan fingerprint density at radius 2 is 1.83 bits per heavy atom. The molecule has 0 saturated carbocycles. The molecule has 4 N–H and O–H groups in total. The molecule has 0 fully saturated rings. The number of nitrogens with two attached hydrogens (primary N) is 1. The molecule has 0 bridgehead atoms. The van der Waals surface area contributed by atoms with Crippen molar-refractivity contribution in [3.05, 3.63) is 64.8 Å². The molecular weight excluding hydrogens is 351 g/mol. The lowest BCUT2D eigenvalue weighted by Gasteiger charge is -2.08. The van der Waals surface area contributed by atoms with E-state index < -0.39 is 13.5 Å². The molecule has 8 heteroatoms. The first kappa shape index (κ1) is 16.7. The summed E-state index contributed by atoms with van der Waals surface area (Å²) in [5.74, 6) is -0.520. The molecule has 1 amide bonds. The van der Waals surface area contributed by atoms with E-state index in [0.29, 0.717) is 17.1 Å². The van der Waals surface area contributed by atoms with Gasteiger partial charge in [0.05, 0.1) is 10.3 Å². The number of carbonyl (C=O) groups excluding carboxylic acids is 1. The lowest BCUT2D eigenvalue weighted by molar-refractivity contribution is 0.100. The molecule has 3 rings (SSSR count). The van der Waals surface area contributed by atoms with Crippen LogP contribution in [0, 0.1) is 0 Å². The SMILES string of the molecule is NC(=O)c1ccc2c(c1)c(Cl)cn2Cc1ccc(P(=O)(O)O)cc1. The number of hydrogen-bond acceptors (Lipinski definition) is 2. The third-order valence-corrected chi connectivity index (χ3v) is 5.01. The third-order valence-electron chi connectivity index (χ3n) is 3.74. The van der Waals surface area contributed by atoms with E-state index in [2.05, 4.69) is 0 Å². The van der Waals surface area contributed by atoms with E-state index in [9.17, 15) is 9.36 Å². The van der Waals surface area contributed by atoms with Crippen LogP contribution in [0.2, 0.25) is 5.02 Å². The summed E-state index contributed by atoms with van der Waals surface area (Å²) in [7, 11) is -4.24. The van der Waals surface area contributed by atoms with Gasteiger partial charge >= 0.3 is 7.60 Å². The molecule has 0 aliphatic rings. The fraction of sp³-hybridized carbons (Fsp3) is 0.0625. The van der Waals surface area contributed by atoms with Gasteiger partial charge in [-0.3, -0.25) is 9.36 Å². The zero-order chi connectivity index (χ0) is 17.5. The van der Waals surface area contributed by atoms with Gasteiger partial charge in [0.15, 0.2) is 0 Å². The topological polar surface area (TPSA) is 106 Å². The van der Waals surface area contributed by atoms with Crippen molar-refractivity contribution in [3.8, 4) is 0 Å². The van der Waals surface area contributed by atoms with Gasteiger partial charge in [-0.15, -0.1) is 0 Å². The van der Waals surface area contributed by atoms with Gasteiger partial charge in [-0.2, -0.15) is 0 Å².